The fraction of sp³-hybridized carbons (Fsp3) is 1.00. The van der Waals surface area contributed by atoms with E-state index >= 15 is 0 Å². The van der Waals surface area contributed by atoms with Crippen LogP contribution >= 0.6 is 0 Å². The lowest BCUT2D eigenvalue weighted by atomic mass is 10.4. The van der Waals surface area contributed by atoms with Crippen LogP contribution in [0.4, 0.5) is 0 Å². The molecule has 0 heterocycles. The highest BCUT2D eigenvalue weighted by Gasteiger charge is 2.22. The smallest absolute Gasteiger partial charge is 0.316 e. The van der Waals surface area contributed by atoms with Gasteiger partial charge in [0.25, 0.3) is 0 Å². The Bertz CT molecular complexity index is 236. The Kier molecular flexibility index (Phi) is 4.83. The lowest BCUT2D eigenvalue weighted by Crippen LogP contribution is -2.44. The van der Waals surface area contributed by atoms with Gasteiger partial charge in [0, 0.05) is 13.0 Å². The van der Waals surface area contributed by atoms with Gasteiger partial charge in [-0.05, 0) is 7.05 Å². The summed E-state index contributed by atoms with van der Waals surface area (Å²) in [7, 11) is 1.55. The van der Waals surface area contributed by atoms with Crippen LogP contribution in [-0.4, -0.2) is 57.6 Å². The molecule has 0 aliphatic heterocycles. The molecule has 5 nitrogen and oxygen atoms in total. The van der Waals surface area contributed by atoms with Gasteiger partial charge in [0.15, 0.2) is 0 Å². The summed E-state index contributed by atoms with van der Waals surface area (Å²) >= 11 is 0. The van der Waals surface area contributed by atoms with Gasteiger partial charge >= 0.3 is 10.1 Å². The highest BCUT2D eigenvalue weighted by Crippen LogP contribution is 2.01. The van der Waals surface area contributed by atoms with Crippen molar-refractivity contribution in [3.63, 3.8) is 0 Å². The normalized spacial score (nSPS) is 13.2. The predicted molar refractivity (Wildman–Crippen MR) is 51.9 cm³/mol. The number of quaternary nitrogens is 1. The topological polar surface area (TPSA) is 66.4 Å². The largest absolute Gasteiger partial charge is 0.320 e. The fourth-order valence-corrected chi connectivity index (χ4v) is 2.20. The minimum atomic E-state index is -3.87. The molecule has 80 valence electrons. The fourth-order valence-electron chi connectivity index (χ4n) is 1.19. The first kappa shape index (κ1) is 12.8. The first-order valence-corrected chi connectivity index (χ1v) is 5.79. The Labute approximate surface area is 80.1 Å². The molecule has 13 heavy (non-hydrogen) atoms. The van der Waals surface area contributed by atoms with Crippen LogP contribution in [0.3, 0.4) is 0 Å². The first-order chi connectivity index (χ1) is 5.77. The van der Waals surface area contributed by atoms with Crippen molar-refractivity contribution in [3.05, 3.63) is 0 Å². The number of hydrogen-bond donors (Lipinski definition) is 2. The number of rotatable bonds is 6. The second-order valence-electron chi connectivity index (χ2n) is 3.83. The maximum atomic E-state index is 10.6. The highest BCUT2D eigenvalue weighted by molar-refractivity contribution is 7.85. The SMILES string of the molecule is CNCCC[N+](C)(C)CS(=O)(=O)O. The molecule has 0 aliphatic carbocycles. The molecule has 0 bridgehead atoms. The maximum absolute atomic E-state index is 10.6. The summed E-state index contributed by atoms with van der Waals surface area (Å²) in [6, 6.07) is 0. The Hall–Kier alpha value is -0.170. The van der Waals surface area contributed by atoms with Crippen LogP contribution in [0.5, 0.6) is 0 Å². The zero-order valence-electron chi connectivity index (χ0n) is 8.45. The summed E-state index contributed by atoms with van der Waals surface area (Å²) in [6.07, 6.45) is 0.888. The van der Waals surface area contributed by atoms with Gasteiger partial charge in [-0.2, -0.15) is 8.42 Å². The molecule has 0 aromatic carbocycles. The van der Waals surface area contributed by atoms with E-state index in [4.69, 9.17) is 4.55 Å². The van der Waals surface area contributed by atoms with Gasteiger partial charge in [-0.15, -0.1) is 0 Å². The van der Waals surface area contributed by atoms with Crippen molar-refractivity contribution in [3.8, 4) is 0 Å². The molecule has 0 amide bonds. The molecular weight excluding hydrogens is 192 g/mol. The van der Waals surface area contributed by atoms with E-state index in [9.17, 15) is 8.42 Å². The van der Waals surface area contributed by atoms with Gasteiger partial charge in [-0.3, -0.25) is 4.55 Å². The van der Waals surface area contributed by atoms with Crippen molar-refractivity contribution in [2.45, 2.75) is 6.42 Å². The van der Waals surface area contributed by atoms with E-state index in [1.165, 1.54) is 0 Å². The van der Waals surface area contributed by atoms with E-state index in [0.717, 1.165) is 19.5 Å². The molecule has 0 aliphatic rings. The molecule has 6 heteroatoms. The average Bonchev–Trinajstić information content (AvgIpc) is 1.81. The second kappa shape index (κ2) is 4.90. The van der Waals surface area contributed by atoms with E-state index in [0.29, 0.717) is 4.48 Å². The minimum Gasteiger partial charge on any atom is -0.320 e. The van der Waals surface area contributed by atoms with E-state index in [2.05, 4.69) is 5.32 Å². The average molecular weight is 211 g/mol. The summed E-state index contributed by atoms with van der Waals surface area (Å²) in [5, 5.41) is 2.98. The lowest BCUT2D eigenvalue weighted by Gasteiger charge is -2.27. The summed E-state index contributed by atoms with van der Waals surface area (Å²) in [5.41, 5.74) is 0. The van der Waals surface area contributed by atoms with Gasteiger partial charge < -0.3 is 9.80 Å². The number of hydrogen-bond acceptors (Lipinski definition) is 3. The van der Waals surface area contributed by atoms with Crippen LogP contribution < -0.4 is 5.32 Å². The summed E-state index contributed by atoms with van der Waals surface area (Å²) < 4.78 is 30.2. The minimum absolute atomic E-state index is 0.225. The van der Waals surface area contributed by atoms with E-state index < -0.39 is 10.1 Å². The van der Waals surface area contributed by atoms with Crippen molar-refractivity contribution >= 4 is 10.1 Å². The van der Waals surface area contributed by atoms with E-state index in [1.807, 2.05) is 7.05 Å². The zero-order chi connectivity index (χ0) is 10.5. The maximum Gasteiger partial charge on any atom is 0.316 e. The molecule has 0 rings (SSSR count). The zero-order valence-corrected chi connectivity index (χ0v) is 9.26. The molecule has 2 N–H and O–H groups in total. The summed E-state index contributed by atoms with van der Waals surface area (Å²) in [5.74, 6) is -0.225. The van der Waals surface area contributed by atoms with Crippen molar-refractivity contribution < 1.29 is 17.5 Å². The number of nitrogens with zero attached hydrogens (tertiary/aromatic N) is 1. The summed E-state index contributed by atoms with van der Waals surface area (Å²) in [4.78, 5) is 0. The van der Waals surface area contributed by atoms with Gasteiger partial charge in [0.2, 0.25) is 5.88 Å². The summed E-state index contributed by atoms with van der Waals surface area (Å²) in [6.45, 7) is 1.58. The molecule has 0 fully saturated rings. The third-order valence-corrected chi connectivity index (χ3v) is 2.73. The molecule has 0 atom stereocenters. The Morgan fingerprint density at radius 2 is 1.92 bits per heavy atom. The van der Waals surface area contributed by atoms with Gasteiger partial charge in [-0.25, -0.2) is 0 Å². The van der Waals surface area contributed by atoms with Crippen molar-refractivity contribution in [1.82, 2.24) is 5.32 Å². The second-order valence-corrected chi connectivity index (χ2v) is 5.25. The van der Waals surface area contributed by atoms with Crippen LogP contribution in [0.25, 0.3) is 0 Å². The standard InChI is InChI=1S/C7H18N2O3S/c1-8-5-4-6-9(2,3)7-13(10,11)12/h8H,4-7H2,1-3H3/p+1. The highest BCUT2D eigenvalue weighted by atomic mass is 32.2. The van der Waals surface area contributed by atoms with Crippen molar-refractivity contribution in [1.29, 1.82) is 0 Å². The Morgan fingerprint density at radius 3 is 2.31 bits per heavy atom. The molecule has 0 aromatic rings. The van der Waals surface area contributed by atoms with Gasteiger partial charge in [-0.1, -0.05) is 0 Å². The third kappa shape index (κ3) is 8.17. The van der Waals surface area contributed by atoms with Gasteiger partial charge in [0.05, 0.1) is 20.6 Å². The van der Waals surface area contributed by atoms with Crippen molar-refractivity contribution in [2.24, 2.45) is 0 Å². The van der Waals surface area contributed by atoms with Crippen LogP contribution in [0, 0.1) is 0 Å². The van der Waals surface area contributed by atoms with Crippen LogP contribution in [0.2, 0.25) is 0 Å². The van der Waals surface area contributed by atoms with Crippen LogP contribution in [-0.2, 0) is 10.1 Å². The molecular formula is C7H19N2O3S+. The predicted octanol–water partition coefficient (Wildman–Crippen LogP) is -0.482. The molecule has 0 saturated carbocycles. The van der Waals surface area contributed by atoms with Gasteiger partial charge in [0.1, 0.15) is 0 Å². The molecule has 0 aromatic heterocycles. The quantitative estimate of drug-likeness (QED) is 0.354. The first-order valence-electron chi connectivity index (χ1n) is 4.19. The Balaban J connectivity index is 3.94. The van der Waals surface area contributed by atoms with E-state index in [-0.39, 0.29) is 5.88 Å². The third-order valence-electron chi connectivity index (χ3n) is 1.70. The Morgan fingerprint density at radius 1 is 1.38 bits per heavy atom. The molecule has 0 unspecified atom stereocenters. The van der Waals surface area contributed by atoms with E-state index in [1.54, 1.807) is 14.1 Å². The molecule has 0 saturated heterocycles. The lowest BCUT2D eigenvalue weighted by molar-refractivity contribution is -0.878. The van der Waals surface area contributed by atoms with Crippen molar-refractivity contribution in [2.75, 3.05) is 40.1 Å². The monoisotopic (exact) mass is 211 g/mol. The van der Waals surface area contributed by atoms with Crippen LogP contribution in [0.15, 0.2) is 0 Å². The number of nitrogens with one attached hydrogen (secondary N) is 1. The molecule has 0 radical (unpaired) electrons. The van der Waals surface area contributed by atoms with Crippen LogP contribution in [0.1, 0.15) is 6.42 Å². The molecule has 0 spiro atoms.